The number of hydrogen-bond acceptors (Lipinski definition) is 5. The van der Waals surface area contributed by atoms with Crippen molar-refractivity contribution < 1.29 is 9.53 Å². The molecule has 4 nitrogen and oxygen atoms in total. The molecule has 15 heavy (non-hydrogen) atoms. The van der Waals surface area contributed by atoms with Crippen LogP contribution in [0, 0.1) is 0 Å². The Kier molecular flexibility index (Phi) is 2.97. The summed E-state index contributed by atoms with van der Waals surface area (Å²) in [5.41, 5.74) is 0.706. The van der Waals surface area contributed by atoms with Gasteiger partial charge in [-0.2, -0.15) is 0 Å². The minimum absolute atomic E-state index is 0.355. The molecule has 2 aromatic rings. The van der Waals surface area contributed by atoms with Crippen molar-refractivity contribution >= 4 is 43.5 Å². The number of ether oxygens (including phenoxy) is 1. The van der Waals surface area contributed by atoms with Crippen LogP contribution in [-0.2, 0) is 4.74 Å². The van der Waals surface area contributed by atoms with E-state index in [0.717, 1.165) is 9.17 Å². The fraction of sp³-hybridized carbons (Fsp3) is 0.222. The lowest BCUT2D eigenvalue weighted by atomic mass is 10.4. The molecule has 2 heterocycles. The van der Waals surface area contributed by atoms with E-state index in [-0.39, 0.29) is 5.97 Å². The third-order valence-corrected chi connectivity index (χ3v) is 3.65. The average molecular weight is 287 g/mol. The van der Waals surface area contributed by atoms with E-state index < -0.39 is 0 Å². The monoisotopic (exact) mass is 286 g/mol. The molecule has 0 N–H and O–H groups in total. The van der Waals surface area contributed by atoms with Crippen LogP contribution >= 0.6 is 27.3 Å². The maximum atomic E-state index is 11.4. The molecule has 0 saturated carbocycles. The third kappa shape index (κ3) is 2.00. The SMILES string of the molecule is CCOC(=O)c1nc2cncc(Br)c2s1. The average Bonchev–Trinajstić information content (AvgIpc) is 2.63. The number of aromatic nitrogens is 2. The smallest absolute Gasteiger partial charge is 0.367 e. The first-order chi connectivity index (χ1) is 7.22. The van der Waals surface area contributed by atoms with Crippen LogP contribution in [0.2, 0.25) is 0 Å². The van der Waals surface area contributed by atoms with Crippen LogP contribution in [0.1, 0.15) is 16.7 Å². The van der Waals surface area contributed by atoms with Crippen LogP contribution in [0.25, 0.3) is 10.2 Å². The summed E-state index contributed by atoms with van der Waals surface area (Å²) in [7, 11) is 0. The van der Waals surface area contributed by atoms with Crippen molar-refractivity contribution in [3.8, 4) is 0 Å². The number of pyridine rings is 1. The number of nitrogens with zero attached hydrogens (tertiary/aromatic N) is 2. The molecule has 0 aromatic carbocycles. The number of thiazole rings is 1. The molecule has 0 aliphatic rings. The number of rotatable bonds is 2. The minimum atomic E-state index is -0.384. The molecule has 78 valence electrons. The van der Waals surface area contributed by atoms with Crippen LogP contribution in [-0.4, -0.2) is 22.5 Å². The van der Waals surface area contributed by atoms with E-state index in [1.165, 1.54) is 11.3 Å². The Morgan fingerprint density at radius 2 is 2.40 bits per heavy atom. The van der Waals surface area contributed by atoms with Gasteiger partial charge in [0.05, 0.1) is 22.0 Å². The second-order valence-electron chi connectivity index (χ2n) is 2.71. The first-order valence-corrected chi connectivity index (χ1v) is 5.90. The highest BCUT2D eigenvalue weighted by atomic mass is 79.9. The number of esters is 1. The summed E-state index contributed by atoms with van der Waals surface area (Å²) in [6.45, 7) is 2.12. The molecule has 0 amide bonds. The number of carbonyl (C=O) groups is 1. The minimum Gasteiger partial charge on any atom is -0.461 e. The van der Waals surface area contributed by atoms with Crippen molar-refractivity contribution in [1.29, 1.82) is 0 Å². The summed E-state index contributed by atoms with van der Waals surface area (Å²) in [6.07, 6.45) is 3.30. The first kappa shape index (κ1) is 10.5. The fourth-order valence-electron chi connectivity index (χ4n) is 1.10. The van der Waals surface area contributed by atoms with Gasteiger partial charge in [-0.15, -0.1) is 11.3 Å². The van der Waals surface area contributed by atoms with E-state index in [9.17, 15) is 4.79 Å². The summed E-state index contributed by atoms with van der Waals surface area (Å²) in [4.78, 5) is 19.5. The van der Waals surface area contributed by atoms with E-state index in [0.29, 0.717) is 17.1 Å². The maximum Gasteiger partial charge on any atom is 0.367 e. The topological polar surface area (TPSA) is 52.1 Å². The Balaban J connectivity index is 2.47. The second kappa shape index (κ2) is 4.24. The van der Waals surface area contributed by atoms with E-state index in [1.807, 2.05) is 0 Å². The molecule has 0 atom stereocenters. The molecule has 2 rings (SSSR count). The fourth-order valence-corrected chi connectivity index (χ4v) is 2.50. The van der Waals surface area contributed by atoms with Gasteiger partial charge in [-0.25, -0.2) is 9.78 Å². The summed E-state index contributed by atoms with van der Waals surface area (Å²) < 4.78 is 6.62. The molecule has 0 spiro atoms. The molecule has 2 aromatic heterocycles. The van der Waals surface area contributed by atoms with E-state index in [4.69, 9.17) is 4.74 Å². The Labute approximate surface area is 98.4 Å². The summed E-state index contributed by atoms with van der Waals surface area (Å²) in [5.74, 6) is -0.384. The van der Waals surface area contributed by atoms with Gasteiger partial charge in [-0.1, -0.05) is 0 Å². The number of halogens is 1. The zero-order valence-corrected chi connectivity index (χ0v) is 10.3. The quantitative estimate of drug-likeness (QED) is 0.797. The van der Waals surface area contributed by atoms with Crippen LogP contribution in [0.15, 0.2) is 16.9 Å². The molecule has 0 unspecified atom stereocenters. The van der Waals surface area contributed by atoms with Gasteiger partial charge in [-0.3, -0.25) is 4.98 Å². The zero-order valence-electron chi connectivity index (χ0n) is 7.86. The molecule has 0 fully saturated rings. The molecule has 0 bridgehead atoms. The Morgan fingerprint density at radius 1 is 1.60 bits per heavy atom. The number of carbonyl (C=O) groups excluding carboxylic acids is 1. The molecule has 6 heteroatoms. The van der Waals surface area contributed by atoms with Gasteiger partial charge in [0.2, 0.25) is 5.01 Å². The highest BCUT2D eigenvalue weighted by Crippen LogP contribution is 2.28. The van der Waals surface area contributed by atoms with E-state index in [1.54, 1.807) is 19.3 Å². The summed E-state index contributed by atoms with van der Waals surface area (Å²) >= 11 is 4.65. The third-order valence-electron chi connectivity index (χ3n) is 1.71. The number of fused-ring (bicyclic) bond motifs is 1. The lowest BCUT2D eigenvalue weighted by Gasteiger charge is -1.94. The largest absolute Gasteiger partial charge is 0.461 e. The Morgan fingerprint density at radius 3 is 3.07 bits per heavy atom. The van der Waals surface area contributed by atoms with Crippen molar-refractivity contribution in [1.82, 2.24) is 9.97 Å². The van der Waals surface area contributed by atoms with Crippen LogP contribution in [0.3, 0.4) is 0 Å². The maximum absolute atomic E-state index is 11.4. The van der Waals surface area contributed by atoms with Crippen LogP contribution in [0.5, 0.6) is 0 Å². The van der Waals surface area contributed by atoms with Crippen molar-refractivity contribution in [3.05, 3.63) is 21.9 Å². The molecule has 0 saturated heterocycles. The van der Waals surface area contributed by atoms with Crippen molar-refractivity contribution in [2.45, 2.75) is 6.92 Å². The summed E-state index contributed by atoms with van der Waals surface area (Å²) in [6, 6.07) is 0. The Hall–Kier alpha value is -1.01. The highest BCUT2D eigenvalue weighted by molar-refractivity contribution is 9.10. The highest BCUT2D eigenvalue weighted by Gasteiger charge is 2.14. The lowest BCUT2D eigenvalue weighted by molar-refractivity contribution is 0.0526. The molecular formula is C9H7BrN2O2S. The van der Waals surface area contributed by atoms with Gasteiger partial charge in [0.1, 0.15) is 5.52 Å². The molecule has 0 aliphatic heterocycles. The number of hydrogen-bond donors (Lipinski definition) is 0. The second-order valence-corrected chi connectivity index (χ2v) is 4.56. The van der Waals surface area contributed by atoms with Crippen LogP contribution in [0.4, 0.5) is 0 Å². The van der Waals surface area contributed by atoms with Crippen molar-refractivity contribution in [2.75, 3.05) is 6.61 Å². The van der Waals surface area contributed by atoms with E-state index in [2.05, 4.69) is 25.9 Å². The standard InChI is InChI=1S/C9H7BrN2O2S/c1-2-14-9(13)8-12-6-4-11-3-5(10)7(6)15-8/h3-4H,2H2,1H3. The summed E-state index contributed by atoms with van der Waals surface area (Å²) in [5, 5.41) is 0.362. The molecule has 0 aliphatic carbocycles. The van der Waals surface area contributed by atoms with Gasteiger partial charge in [0, 0.05) is 6.20 Å². The van der Waals surface area contributed by atoms with Gasteiger partial charge in [0.25, 0.3) is 0 Å². The lowest BCUT2D eigenvalue weighted by Crippen LogP contribution is -2.03. The first-order valence-electron chi connectivity index (χ1n) is 4.29. The van der Waals surface area contributed by atoms with Crippen LogP contribution < -0.4 is 0 Å². The van der Waals surface area contributed by atoms with Crippen molar-refractivity contribution in [3.63, 3.8) is 0 Å². The van der Waals surface area contributed by atoms with Gasteiger partial charge in [-0.05, 0) is 22.9 Å². The normalized spacial score (nSPS) is 10.5. The molecule has 0 radical (unpaired) electrons. The predicted octanol–water partition coefficient (Wildman–Crippen LogP) is 2.63. The Bertz CT molecular complexity index is 512. The predicted molar refractivity (Wildman–Crippen MR) is 61.1 cm³/mol. The van der Waals surface area contributed by atoms with Gasteiger partial charge in [0.15, 0.2) is 0 Å². The van der Waals surface area contributed by atoms with E-state index >= 15 is 0 Å². The zero-order chi connectivity index (χ0) is 10.8. The molecular weight excluding hydrogens is 280 g/mol. The van der Waals surface area contributed by atoms with Crippen molar-refractivity contribution in [2.24, 2.45) is 0 Å². The van der Waals surface area contributed by atoms with Gasteiger partial charge < -0.3 is 4.74 Å². The van der Waals surface area contributed by atoms with Gasteiger partial charge >= 0.3 is 5.97 Å².